The molecule has 5 rings (SSSR count). The normalized spacial score (nSPS) is 18.6. The molecule has 2 aliphatic heterocycles. The Morgan fingerprint density at radius 2 is 1.41 bits per heavy atom. The maximum absolute atomic E-state index is 13.6. The van der Waals surface area contributed by atoms with E-state index in [1.165, 1.54) is 17.0 Å². The van der Waals surface area contributed by atoms with Crippen LogP contribution in [0, 0.1) is 26.6 Å². The van der Waals surface area contributed by atoms with Crippen molar-refractivity contribution < 1.29 is 18.7 Å². The monoisotopic (exact) mass is 429 g/mol. The minimum atomic E-state index is -0.581. The number of ether oxygens (including phenoxy) is 1. The van der Waals surface area contributed by atoms with E-state index in [2.05, 4.69) is 0 Å². The Balaban J connectivity index is 1.75. The molecule has 0 saturated carbocycles. The van der Waals surface area contributed by atoms with E-state index in [-0.39, 0.29) is 23.5 Å². The molecule has 0 radical (unpaired) electrons. The first kappa shape index (κ1) is 20.4. The standard InChI is InChI=1S/C27H24FNO3/c1-14-15(2)24-21(22(27(4,5)32-24)17-10-12-18(28)13-11-17)16(3)23(14)29-25(30)19-8-6-7-9-20(19)26(29)31/h6-13,22H,1-5H3. The lowest BCUT2D eigenvalue weighted by atomic mass is 9.78. The Morgan fingerprint density at radius 1 is 0.844 bits per heavy atom. The van der Waals surface area contributed by atoms with Crippen LogP contribution in [0.1, 0.15) is 68.3 Å². The van der Waals surface area contributed by atoms with E-state index < -0.39 is 5.60 Å². The zero-order chi connectivity index (χ0) is 22.9. The zero-order valence-corrected chi connectivity index (χ0v) is 18.7. The molecule has 2 heterocycles. The van der Waals surface area contributed by atoms with Crippen LogP contribution in [-0.2, 0) is 0 Å². The average Bonchev–Trinajstić information content (AvgIpc) is 3.19. The van der Waals surface area contributed by atoms with Gasteiger partial charge in [0.1, 0.15) is 17.2 Å². The first-order chi connectivity index (χ1) is 15.1. The summed E-state index contributed by atoms with van der Waals surface area (Å²) in [6, 6.07) is 13.4. The topological polar surface area (TPSA) is 46.6 Å². The largest absolute Gasteiger partial charge is 0.486 e. The summed E-state index contributed by atoms with van der Waals surface area (Å²) in [5, 5.41) is 0. The summed E-state index contributed by atoms with van der Waals surface area (Å²) in [7, 11) is 0. The highest BCUT2D eigenvalue weighted by Crippen LogP contribution is 2.54. The third-order valence-corrected chi connectivity index (χ3v) is 6.83. The van der Waals surface area contributed by atoms with E-state index in [4.69, 9.17) is 4.74 Å². The van der Waals surface area contributed by atoms with Crippen LogP contribution in [0.15, 0.2) is 48.5 Å². The number of rotatable bonds is 2. The number of anilines is 1. The molecular formula is C27H24FNO3. The number of benzene rings is 3. The Kier molecular flexibility index (Phi) is 4.32. The van der Waals surface area contributed by atoms with Crippen LogP contribution in [0.3, 0.4) is 0 Å². The number of carbonyl (C=O) groups is 2. The number of amides is 2. The van der Waals surface area contributed by atoms with Gasteiger partial charge in [-0.2, -0.15) is 0 Å². The van der Waals surface area contributed by atoms with E-state index in [1.807, 2.05) is 34.6 Å². The van der Waals surface area contributed by atoms with Crippen molar-refractivity contribution in [3.05, 3.63) is 93.3 Å². The molecule has 0 aliphatic carbocycles. The highest BCUT2D eigenvalue weighted by atomic mass is 19.1. The van der Waals surface area contributed by atoms with E-state index in [0.29, 0.717) is 16.8 Å². The second-order valence-electron chi connectivity index (χ2n) is 9.15. The van der Waals surface area contributed by atoms with Crippen molar-refractivity contribution in [3.63, 3.8) is 0 Å². The van der Waals surface area contributed by atoms with Crippen molar-refractivity contribution in [2.45, 2.75) is 46.1 Å². The van der Waals surface area contributed by atoms with Gasteiger partial charge in [0.25, 0.3) is 11.8 Å². The predicted octanol–water partition coefficient (Wildman–Crippen LogP) is 5.85. The fourth-order valence-electron chi connectivity index (χ4n) is 5.23. The van der Waals surface area contributed by atoms with Crippen LogP contribution in [-0.4, -0.2) is 17.4 Å². The third kappa shape index (κ3) is 2.67. The lowest BCUT2D eigenvalue weighted by Gasteiger charge is -2.28. The van der Waals surface area contributed by atoms with Gasteiger partial charge in [-0.15, -0.1) is 0 Å². The first-order valence-electron chi connectivity index (χ1n) is 10.7. The SMILES string of the molecule is Cc1c(C)c(N2C(=O)c3ccccc3C2=O)c(C)c2c1OC(C)(C)C2c1ccc(F)cc1. The second kappa shape index (κ2) is 6.76. The summed E-state index contributed by atoms with van der Waals surface area (Å²) in [5.41, 5.74) is 5.30. The van der Waals surface area contributed by atoms with Crippen molar-refractivity contribution >= 4 is 17.5 Å². The van der Waals surface area contributed by atoms with Gasteiger partial charge in [-0.05, 0) is 81.1 Å². The van der Waals surface area contributed by atoms with Gasteiger partial charge in [-0.3, -0.25) is 9.59 Å². The Bertz CT molecular complexity index is 1270. The molecule has 1 unspecified atom stereocenters. The van der Waals surface area contributed by atoms with Crippen molar-refractivity contribution in [3.8, 4) is 5.75 Å². The Hall–Kier alpha value is -3.47. The summed E-state index contributed by atoms with van der Waals surface area (Å²) < 4.78 is 20.1. The fourth-order valence-corrected chi connectivity index (χ4v) is 5.23. The van der Waals surface area contributed by atoms with Crippen molar-refractivity contribution in [1.82, 2.24) is 0 Å². The van der Waals surface area contributed by atoms with E-state index >= 15 is 0 Å². The molecule has 0 spiro atoms. The summed E-state index contributed by atoms with van der Waals surface area (Å²) >= 11 is 0. The van der Waals surface area contributed by atoms with Gasteiger partial charge in [0, 0.05) is 5.56 Å². The molecule has 3 aromatic carbocycles. The number of fused-ring (bicyclic) bond motifs is 2. The summed E-state index contributed by atoms with van der Waals surface area (Å²) in [4.78, 5) is 27.8. The van der Waals surface area contributed by atoms with Gasteiger partial charge in [0.2, 0.25) is 0 Å². The van der Waals surface area contributed by atoms with Crippen LogP contribution in [0.4, 0.5) is 10.1 Å². The van der Waals surface area contributed by atoms with Crippen molar-refractivity contribution in [2.75, 3.05) is 4.90 Å². The van der Waals surface area contributed by atoms with Crippen LogP contribution >= 0.6 is 0 Å². The van der Waals surface area contributed by atoms with Crippen LogP contribution < -0.4 is 9.64 Å². The molecule has 5 heteroatoms. The number of imide groups is 1. The predicted molar refractivity (Wildman–Crippen MR) is 121 cm³/mol. The van der Waals surface area contributed by atoms with Gasteiger partial charge in [0.05, 0.1) is 22.7 Å². The van der Waals surface area contributed by atoms with Crippen molar-refractivity contribution in [2.24, 2.45) is 0 Å². The molecule has 162 valence electrons. The molecule has 32 heavy (non-hydrogen) atoms. The molecule has 3 aromatic rings. The number of halogens is 1. The molecule has 0 fully saturated rings. The van der Waals surface area contributed by atoms with Gasteiger partial charge in [-0.1, -0.05) is 24.3 Å². The average molecular weight is 429 g/mol. The molecular weight excluding hydrogens is 405 g/mol. The van der Waals surface area contributed by atoms with Gasteiger partial charge in [0.15, 0.2) is 0 Å². The Morgan fingerprint density at radius 3 is 1.97 bits per heavy atom. The zero-order valence-electron chi connectivity index (χ0n) is 18.7. The van der Waals surface area contributed by atoms with Crippen molar-refractivity contribution in [1.29, 1.82) is 0 Å². The van der Waals surface area contributed by atoms with E-state index in [1.54, 1.807) is 36.4 Å². The summed E-state index contributed by atoms with van der Waals surface area (Å²) in [6.07, 6.45) is 0. The molecule has 0 saturated heterocycles. The first-order valence-corrected chi connectivity index (χ1v) is 10.7. The molecule has 4 nitrogen and oxygen atoms in total. The molecule has 1 atom stereocenters. The smallest absolute Gasteiger partial charge is 0.266 e. The van der Waals surface area contributed by atoms with Gasteiger partial charge >= 0.3 is 0 Å². The minimum Gasteiger partial charge on any atom is -0.486 e. The van der Waals surface area contributed by atoms with E-state index in [0.717, 1.165) is 33.6 Å². The number of carbonyl (C=O) groups excluding carboxylic acids is 2. The second-order valence-corrected chi connectivity index (χ2v) is 9.15. The molecule has 0 N–H and O–H groups in total. The maximum Gasteiger partial charge on any atom is 0.266 e. The molecule has 0 aromatic heterocycles. The molecule has 0 bridgehead atoms. The lowest BCUT2D eigenvalue weighted by molar-refractivity contribution is 0.0925. The third-order valence-electron chi connectivity index (χ3n) is 6.83. The number of hydrogen-bond acceptors (Lipinski definition) is 3. The lowest BCUT2D eigenvalue weighted by Crippen LogP contribution is -2.32. The van der Waals surface area contributed by atoms with Crippen LogP contribution in [0.25, 0.3) is 0 Å². The summed E-state index contributed by atoms with van der Waals surface area (Å²) in [6.45, 7) is 9.83. The van der Waals surface area contributed by atoms with Gasteiger partial charge in [-0.25, -0.2) is 9.29 Å². The van der Waals surface area contributed by atoms with Crippen LogP contribution in [0.2, 0.25) is 0 Å². The van der Waals surface area contributed by atoms with Crippen LogP contribution in [0.5, 0.6) is 5.75 Å². The van der Waals surface area contributed by atoms with E-state index in [9.17, 15) is 14.0 Å². The quantitative estimate of drug-likeness (QED) is 0.480. The number of nitrogens with zero attached hydrogens (tertiary/aromatic N) is 1. The minimum absolute atomic E-state index is 0.175. The fraction of sp³-hybridized carbons (Fsp3) is 0.259. The number of hydrogen-bond donors (Lipinski definition) is 0. The molecule has 2 amide bonds. The summed E-state index contributed by atoms with van der Waals surface area (Å²) in [5.74, 6) is -0.319. The highest BCUT2D eigenvalue weighted by Gasteiger charge is 2.47. The highest BCUT2D eigenvalue weighted by molar-refractivity contribution is 6.35. The van der Waals surface area contributed by atoms with Gasteiger partial charge < -0.3 is 4.74 Å². The molecule has 2 aliphatic rings. The maximum atomic E-state index is 13.6. The Labute approximate surface area is 186 Å².